The SMILES string of the molecule is C1CCOCC1.C=S1(=O)CCC12CCC2. The van der Waals surface area contributed by atoms with Gasteiger partial charge in [-0.3, -0.25) is 4.21 Å². The van der Waals surface area contributed by atoms with Crippen LogP contribution >= 0.6 is 0 Å². The van der Waals surface area contributed by atoms with Gasteiger partial charge in [-0.1, -0.05) is 6.42 Å². The Bertz CT molecular complexity index is 281. The Kier molecular flexibility index (Phi) is 3.41. The van der Waals surface area contributed by atoms with Crippen molar-refractivity contribution in [3.8, 4) is 0 Å². The van der Waals surface area contributed by atoms with E-state index in [1.54, 1.807) is 0 Å². The predicted molar refractivity (Wildman–Crippen MR) is 66.0 cm³/mol. The molecule has 1 saturated carbocycles. The smallest absolute Gasteiger partial charge is 0.0466 e. The summed E-state index contributed by atoms with van der Waals surface area (Å²) < 4.78 is 16.8. The van der Waals surface area contributed by atoms with Gasteiger partial charge in [0.1, 0.15) is 0 Å². The minimum Gasteiger partial charge on any atom is -0.381 e. The van der Waals surface area contributed by atoms with Crippen LogP contribution in [-0.2, 0) is 14.3 Å². The Morgan fingerprint density at radius 1 is 1.00 bits per heavy atom. The van der Waals surface area contributed by atoms with E-state index in [9.17, 15) is 4.21 Å². The first-order chi connectivity index (χ1) is 7.16. The van der Waals surface area contributed by atoms with Gasteiger partial charge in [0.15, 0.2) is 0 Å². The Balaban J connectivity index is 0.000000124. The van der Waals surface area contributed by atoms with Crippen molar-refractivity contribution in [1.82, 2.24) is 0 Å². The molecule has 1 aliphatic carbocycles. The third-order valence-corrected chi connectivity index (χ3v) is 7.07. The maximum Gasteiger partial charge on any atom is 0.0466 e. The zero-order valence-electron chi connectivity index (χ0n) is 9.50. The van der Waals surface area contributed by atoms with Gasteiger partial charge < -0.3 is 4.74 Å². The minimum atomic E-state index is -1.59. The summed E-state index contributed by atoms with van der Waals surface area (Å²) in [4.78, 5) is 0. The Hall–Kier alpha value is -0.0200. The molecule has 2 nitrogen and oxygen atoms in total. The molecule has 15 heavy (non-hydrogen) atoms. The van der Waals surface area contributed by atoms with E-state index < -0.39 is 9.52 Å². The summed E-state index contributed by atoms with van der Waals surface area (Å²) in [5.74, 6) is 4.67. The molecule has 3 rings (SSSR count). The van der Waals surface area contributed by atoms with E-state index in [1.807, 2.05) is 0 Å². The van der Waals surface area contributed by atoms with Crippen molar-refractivity contribution < 1.29 is 8.95 Å². The molecule has 1 atom stereocenters. The molecule has 88 valence electrons. The van der Waals surface area contributed by atoms with Crippen LogP contribution in [-0.4, -0.2) is 33.8 Å². The van der Waals surface area contributed by atoms with Crippen molar-refractivity contribution in [2.45, 2.75) is 49.7 Å². The standard InChI is InChI=1S/C7H12OS.C5H10O/c1-9(8)6-5-7(9)3-2-4-7;1-2-4-6-5-3-1/h1-6H2;1-5H2. The summed E-state index contributed by atoms with van der Waals surface area (Å²) in [5.41, 5.74) is 0. The zero-order valence-corrected chi connectivity index (χ0v) is 10.3. The van der Waals surface area contributed by atoms with Crippen molar-refractivity contribution in [2.24, 2.45) is 0 Å². The Labute approximate surface area is 93.4 Å². The van der Waals surface area contributed by atoms with E-state index in [4.69, 9.17) is 4.74 Å². The lowest BCUT2D eigenvalue weighted by Crippen LogP contribution is -2.55. The van der Waals surface area contributed by atoms with Crippen LogP contribution in [0.25, 0.3) is 0 Å². The quantitative estimate of drug-likeness (QED) is 0.596. The second-order valence-corrected chi connectivity index (χ2v) is 7.87. The molecule has 0 bridgehead atoms. The third-order valence-electron chi connectivity index (χ3n) is 4.02. The molecule has 1 unspecified atom stereocenters. The summed E-state index contributed by atoms with van der Waals surface area (Å²) in [7, 11) is -1.59. The molecule has 0 aromatic heterocycles. The molecule has 2 saturated heterocycles. The van der Waals surface area contributed by atoms with Crippen LogP contribution in [0.15, 0.2) is 0 Å². The highest BCUT2D eigenvalue weighted by molar-refractivity contribution is 8.02. The van der Waals surface area contributed by atoms with Crippen molar-refractivity contribution >= 4 is 15.4 Å². The summed E-state index contributed by atoms with van der Waals surface area (Å²) in [6, 6.07) is 0. The normalized spacial score (nSPS) is 37.1. The Morgan fingerprint density at radius 3 is 1.73 bits per heavy atom. The molecule has 0 amide bonds. The van der Waals surface area contributed by atoms with Gasteiger partial charge in [-0.25, -0.2) is 0 Å². The molecule has 1 spiro atoms. The maximum absolute atomic E-state index is 11.5. The van der Waals surface area contributed by atoms with Crippen LogP contribution in [0.1, 0.15) is 44.9 Å². The van der Waals surface area contributed by atoms with Crippen molar-refractivity contribution in [3.63, 3.8) is 0 Å². The van der Waals surface area contributed by atoms with E-state index in [2.05, 4.69) is 5.87 Å². The van der Waals surface area contributed by atoms with Crippen molar-refractivity contribution in [3.05, 3.63) is 0 Å². The first-order valence-electron chi connectivity index (χ1n) is 6.09. The van der Waals surface area contributed by atoms with Crippen LogP contribution in [0, 0.1) is 0 Å². The maximum atomic E-state index is 11.5. The van der Waals surface area contributed by atoms with E-state index in [0.717, 1.165) is 19.0 Å². The number of hydrogen-bond acceptors (Lipinski definition) is 2. The molecule has 0 aromatic carbocycles. The number of ether oxygens (including phenoxy) is 1. The molecule has 2 aliphatic heterocycles. The van der Waals surface area contributed by atoms with Crippen LogP contribution in [0.5, 0.6) is 0 Å². The van der Waals surface area contributed by atoms with Gasteiger partial charge in [-0.15, -0.1) is 0 Å². The van der Waals surface area contributed by atoms with Crippen LogP contribution in [0.4, 0.5) is 0 Å². The molecule has 3 fully saturated rings. The molecular weight excluding hydrogens is 208 g/mol. The molecule has 3 heteroatoms. The fourth-order valence-corrected chi connectivity index (χ4v) is 4.77. The average molecular weight is 230 g/mol. The molecule has 2 heterocycles. The highest BCUT2D eigenvalue weighted by Gasteiger charge is 2.50. The summed E-state index contributed by atoms with van der Waals surface area (Å²) in [6.07, 6.45) is 8.78. The van der Waals surface area contributed by atoms with Gasteiger partial charge in [-0.2, -0.15) is 0 Å². The van der Waals surface area contributed by atoms with Gasteiger partial charge in [-0.05, 0) is 53.9 Å². The lowest BCUT2D eigenvalue weighted by atomic mass is 9.81. The van der Waals surface area contributed by atoms with E-state index in [-0.39, 0.29) is 4.75 Å². The summed E-state index contributed by atoms with van der Waals surface area (Å²) in [5, 5.41) is 0. The second-order valence-electron chi connectivity index (χ2n) is 4.98. The van der Waals surface area contributed by atoms with Crippen LogP contribution < -0.4 is 0 Å². The van der Waals surface area contributed by atoms with Gasteiger partial charge >= 0.3 is 0 Å². The number of hydrogen-bond donors (Lipinski definition) is 0. The Morgan fingerprint density at radius 2 is 1.67 bits per heavy atom. The average Bonchev–Trinajstić information content (AvgIpc) is 2.18. The van der Waals surface area contributed by atoms with E-state index in [1.165, 1.54) is 44.9 Å². The first kappa shape index (κ1) is 11.5. The van der Waals surface area contributed by atoms with Crippen molar-refractivity contribution in [2.75, 3.05) is 19.0 Å². The first-order valence-corrected chi connectivity index (χ1v) is 7.98. The largest absolute Gasteiger partial charge is 0.381 e. The fourth-order valence-electron chi connectivity index (χ4n) is 2.50. The molecule has 0 N–H and O–H groups in total. The molecule has 0 aromatic rings. The highest BCUT2D eigenvalue weighted by Crippen LogP contribution is 2.49. The highest BCUT2D eigenvalue weighted by atomic mass is 32.2. The van der Waals surface area contributed by atoms with Crippen LogP contribution in [0.2, 0.25) is 0 Å². The van der Waals surface area contributed by atoms with Gasteiger partial charge in [0.2, 0.25) is 0 Å². The monoisotopic (exact) mass is 230 g/mol. The fraction of sp³-hybridized carbons (Fsp3) is 0.917. The summed E-state index contributed by atoms with van der Waals surface area (Å²) >= 11 is 0. The number of rotatable bonds is 0. The zero-order chi connectivity index (χ0) is 10.8. The van der Waals surface area contributed by atoms with E-state index in [0.29, 0.717) is 0 Å². The van der Waals surface area contributed by atoms with Gasteiger partial charge in [0, 0.05) is 23.7 Å². The lowest BCUT2D eigenvalue weighted by Gasteiger charge is -2.52. The molecule has 0 radical (unpaired) electrons. The van der Waals surface area contributed by atoms with Crippen LogP contribution in [0.3, 0.4) is 0 Å². The topological polar surface area (TPSA) is 26.3 Å². The summed E-state index contributed by atoms with van der Waals surface area (Å²) in [6.45, 7) is 2.00. The molecular formula is C12H22O2S. The minimum absolute atomic E-state index is 0.257. The predicted octanol–water partition coefficient (Wildman–Crippen LogP) is 2.22. The van der Waals surface area contributed by atoms with Gasteiger partial charge in [0.05, 0.1) is 0 Å². The van der Waals surface area contributed by atoms with Crippen molar-refractivity contribution in [1.29, 1.82) is 0 Å². The second kappa shape index (κ2) is 4.46. The molecule has 3 aliphatic rings. The van der Waals surface area contributed by atoms with Gasteiger partial charge in [0.25, 0.3) is 0 Å². The lowest BCUT2D eigenvalue weighted by molar-refractivity contribution is 0.0968. The third kappa shape index (κ3) is 2.23. The van der Waals surface area contributed by atoms with E-state index >= 15 is 0 Å².